The maximum atomic E-state index is 12.8. The van der Waals surface area contributed by atoms with Crippen molar-refractivity contribution in [3.63, 3.8) is 0 Å². The summed E-state index contributed by atoms with van der Waals surface area (Å²) in [6.45, 7) is 2.25. The van der Waals surface area contributed by atoms with Gasteiger partial charge in [0.1, 0.15) is 0 Å². The fourth-order valence-electron chi connectivity index (χ4n) is 2.68. The van der Waals surface area contributed by atoms with Crippen LogP contribution in [-0.4, -0.2) is 40.5 Å². The molecule has 1 saturated heterocycles. The Morgan fingerprint density at radius 3 is 2.60 bits per heavy atom. The van der Waals surface area contributed by atoms with E-state index in [-0.39, 0.29) is 11.6 Å². The smallest absolute Gasteiger partial charge is 0.337 e. The predicted molar refractivity (Wildman–Crippen MR) is 119 cm³/mol. The predicted octanol–water partition coefficient (Wildman–Crippen LogP) is 4.77. The van der Waals surface area contributed by atoms with Gasteiger partial charge in [-0.3, -0.25) is 19.8 Å². The van der Waals surface area contributed by atoms with Crippen molar-refractivity contribution in [3.8, 4) is 0 Å². The van der Waals surface area contributed by atoms with Gasteiger partial charge < -0.3 is 4.74 Å². The van der Waals surface area contributed by atoms with Crippen LogP contribution in [0.4, 0.5) is 11.4 Å². The topological polar surface area (TPSA) is 102 Å². The number of hydrogen-bond acceptors (Lipinski definition) is 7. The number of halogens is 1. The van der Waals surface area contributed by atoms with Gasteiger partial charge in [-0.1, -0.05) is 6.07 Å². The zero-order valence-electron chi connectivity index (χ0n) is 16.0. The van der Waals surface area contributed by atoms with Crippen LogP contribution in [0.3, 0.4) is 0 Å². The summed E-state index contributed by atoms with van der Waals surface area (Å²) in [7, 11) is 1.31. The minimum absolute atomic E-state index is 0.0771. The number of nitro benzene ring substituents is 1. The zero-order chi connectivity index (χ0) is 21.8. The van der Waals surface area contributed by atoms with Gasteiger partial charge in [0, 0.05) is 12.6 Å². The van der Waals surface area contributed by atoms with Crippen LogP contribution in [0.25, 0.3) is 6.08 Å². The molecule has 0 aromatic heterocycles. The number of hydrogen-bond donors (Lipinski definition) is 0. The Kier molecular flexibility index (Phi) is 6.68. The lowest BCUT2D eigenvalue weighted by Gasteiger charge is -2.12. The second-order valence-corrected chi connectivity index (χ2v) is 7.92. The van der Waals surface area contributed by atoms with Crippen molar-refractivity contribution in [3.05, 3.63) is 73.1 Å². The van der Waals surface area contributed by atoms with Crippen LogP contribution in [-0.2, 0) is 9.53 Å². The number of nitrogens with zero attached hydrogens (tertiary/aromatic N) is 3. The first-order valence-corrected chi connectivity index (χ1v) is 10.4. The number of likely N-dealkylation sites (N-methyl/N-ethyl adjacent to an activating group) is 1. The van der Waals surface area contributed by atoms with Gasteiger partial charge in [0.2, 0.25) is 0 Å². The molecule has 2 aromatic carbocycles. The number of carbonyl (C=O) groups excluding carboxylic acids is 2. The van der Waals surface area contributed by atoms with Gasteiger partial charge in [-0.15, -0.1) is 0 Å². The van der Waals surface area contributed by atoms with E-state index in [1.165, 1.54) is 29.8 Å². The van der Waals surface area contributed by atoms with Crippen LogP contribution < -0.4 is 0 Å². The highest BCUT2D eigenvalue weighted by Gasteiger charge is 2.32. The van der Waals surface area contributed by atoms with Gasteiger partial charge in [-0.2, -0.15) is 0 Å². The molecule has 0 atom stereocenters. The third-order valence-electron chi connectivity index (χ3n) is 4.18. The van der Waals surface area contributed by atoms with Crippen LogP contribution in [0.2, 0.25) is 0 Å². The van der Waals surface area contributed by atoms with E-state index in [4.69, 9.17) is 0 Å². The van der Waals surface area contributed by atoms with Crippen molar-refractivity contribution in [2.24, 2.45) is 4.99 Å². The molecule has 10 heteroatoms. The molecule has 1 aliphatic heterocycles. The number of aliphatic imine (C=N–C) groups is 1. The average molecular weight is 490 g/mol. The summed E-state index contributed by atoms with van der Waals surface area (Å²) in [5.41, 5.74) is 1.45. The summed E-state index contributed by atoms with van der Waals surface area (Å²) in [6.07, 6.45) is 1.61. The Balaban J connectivity index is 1.90. The van der Waals surface area contributed by atoms with E-state index in [0.717, 1.165) is 0 Å². The molecule has 0 spiro atoms. The van der Waals surface area contributed by atoms with Gasteiger partial charge in [-0.05, 0) is 76.6 Å². The van der Waals surface area contributed by atoms with E-state index in [1.807, 2.05) is 6.92 Å². The number of benzene rings is 2. The highest BCUT2D eigenvalue weighted by atomic mass is 79.9. The first-order chi connectivity index (χ1) is 14.3. The molecule has 1 amide bonds. The Hall–Kier alpha value is -2.98. The highest BCUT2D eigenvalue weighted by Crippen LogP contribution is 2.35. The number of amides is 1. The molecule has 154 valence electrons. The largest absolute Gasteiger partial charge is 0.465 e. The summed E-state index contributed by atoms with van der Waals surface area (Å²) in [6, 6.07) is 11.2. The normalized spacial score (nSPS) is 16.4. The molecule has 2 aromatic rings. The Labute approximate surface area is 184 Å². The molecular formula is C20H16BrN3O5S. The molecule has 1 fully saturated rings. The van der Waals surface area contributed by atoms with Crippen molar-refractivity contribution in [2.75, 3.05) is 13.7 Å². The Morgan fingerprint density at radius 1 is 1.30 bits per heavy atom. The van der Waals surface area contributed by atoms with Gasteiger partial charge in [0.05, 0.1) is 32.7 Å². The van der Waals surface area contributed by atoms with E-state index in [0.29, 0.717) is 37.9 Å². The highest BCUT2D eigenvalue weighted by molar-refractivity contribution is 9.10. The van der Waals surface area contributed by atoms with E-state index in [9.17, 15) is 19.7 Å². The minimum atomic E-state index is -0.487. The number of amidine groups is 1. The lowest BCUT2D eigenvalue weighted by Crippen LogP contribution is -2.28. The Morgan fingerprint density at radius 2 is 2.00 bits per heavy atom. The van der Waals surface area contributed by atoms with E-state index >= 15 is 0 Å². The fraction of sp³-hybridized carbons (Fsp3) is 0.150. The third-order valence-corrected chi connectivity index (χ3v) is 5.86. The van der Waals surface area contributed by atoms with Gasteiger partial charge >= 0.3 is 5.97 Å². The number of thioether (sulfide) groups is 1. The summed E-state index contributed by atoms with van der Waals surface area (Å²) >= 11 is 4.34. The van der Waals surface area contributed by atoms with Crippen LogP contribution >= 0.6 is 27.7 Å². The standard InChI is InChI=1S/C20H16BrN3O5S/c1-3-23-18(25)17(11-12-4-9-15(21)16(10-12)24(27)28)30-20(23)22-14-7-5-13(6-8-14)19(26)29-2/h4-11H,3H2,1-2H3. The number of esters is 1. The maximum absolute atomic E-state index is 12.8. The molecule has 1 aliphatic rings. The fourth-order valence-corrected chi connectivity index (χ4v) is 4.14. The molecule has 8 nitrogen and oxygen atoms in total. The van der Waals surface area contributed by atoms with Gasteiger partial charge in [-0.25, -0.2) is 9.79 Å². The molecule has 0 saturated carbocycles. The monoisotopic (exact) mass is 489 g/mol. The lowest BCUT2D eigenvalue weighted by atomic mass is 10.2. The molecule has 3 rings (SSSR count). The van der Waals surface area contributed by atoms with Gasteiger partial charge in [0.15, 0.2) is 5.17 Å². The number of ether oxygens (including phenoxy) is 1. The number of methoxy groups -OCH3 is 1. The summed E-state index contributed by atoms with van der Waals surface area (Å²) in [5.74, 6) is -0.665. The molecule has 0 N–H and O–H groups in total. The second kappa shape index (κ2) is 9.23. The Bertz CT molecular complexity index is 1080. The van der Waals surface area contributed by atoms with E-state index in [2.05, 4.69) is 25.7 Å². The average Bonchev–Trinajstić information content (AvgIpc) is 3.03. The minimum Gasteiger partial charge on any atom is -0.465 e. The van der Waals surface area contributed by atoms with Gasteiger partial charge in [0.25, 0.3) is 11.6 Å². The maximum Gasteiger partial charge on any atom is 0.337 e. The molecule has 0 bridgehead atoms. The van der Waals surface area contributed by atoms with Crippen LogP contribution in [0, 0.1) is 10.1 Å². The number of nitro groups is 1. The van der Waals surface area contributed by atoms with Crippen LogP contribution in [0.1, 0.15) is 22.8 Å². The van der Waals surface area contributed by atoms with Crippen molar-refractivity contribution in [1.29, 1.82) is 0 Å². The molecule has 1 heterocycles. The SMILES string of the molecule is CCN1C(=O)C(=Cc2ccc(Br)c([N+](=O)[O-])c2)SC1=Nc1ccc(C(=O)OC)cc1. The molecule has 0 radical (unpaired) electrons. The van der Waals surface area contributed by atoms with Crippen molar-refractivity contribution >= 4 is 62.2 Å². The summed E-state index contributed by atoms with van der Waals surface area (Å²) in [5, 5.41) is 11.6. The van der Waals surface area contributed by atoms with Crippen LogP contribution in [0.5, 0.6) is 0 Å². The number of carbonyl (C=O) groups is 2. The van der Waals surface area contributed by atoms with Crippen LogP contribution in [0.15, 0.2) is 56.8 Å². The third kappa shape index (κ3) is 4.60. The molecule has 0 aliphatic carbocycles. The second-order valence-electron chi connectivity index (χ2n) is 6.06. The first kappa shape index (κ1) is 21.7. The van der Waals surface area contributed by atoms with Crippen molar-refractivity contribution in [2.45, 2.75) is 6.92 Å². The quantitative estimate of drug-likeness (QED) is 0.259. The van der Waals surface area contributed by atoms with Crippen molar-refractivity contribution in [1.82, 2.24) is 4.90 Å². The lowest BCUT2D eigenvalue weighted by molar-refractivity contribution is -0.385. The first-order valence-electron chi connectivity index (χ1n) is 8.76. The summed E-state index contributed by atoms with van der Waals surface area (Å²) in [4.78, 5) is 41.4. The van der Waals surface area contributed by atoms with E-state index in [1.54, 1.807) is 42.5 Å². The van der Waals surface area contributed by atoms with Crippen molar-refractivity contribution < 1.29 is 19.2 Å². The molecule has 30 heavy (non-hydrogen) atoms. The zero-order valence-corrected chi connectivity index (χ0v) is 18.4. The molecular weight excluding hydrogens is 474 g/mol. The number of rotatable bonds is 5. The summed E-state index contributed by atoms with van der Waals surface area (Å²) < 4.78 is 5.04. The van der Waals surface area contributed by atoms with E-state index < -0.39 is 10.9 Å². The molecule has 0 unspecified atom stereocenters.